The van der Waals surface area contributed by atoms with Crippen LogP contribution in [0.3, 0.4) is 0 Å². The average molecular weight is 349 g/mol. The third-order valence-electron chi connectivity index (χ3n) is 3.34. The molecule has 0 aromatic heterocycles. The minimum Gasteiger partial charge on any atom is -0.398 e. The van der Waals surface area contributed by atoms with E-state index in [0.29, 0.717) is 10.2 Å². The van der Waals surface area contributed by atoms with Crippen LogP contribution in [0.1, 0.15) is 19.3 Å². The molecule has 0 bridgehead atoms. The topological polar surface area (TPSA) is 81.4 Å². The van der Waals surface area contributed by atoms with Gasteiger partial charge in [0.25, 0.3) is 0 Å². The molecule has 1 aromatic carbocycles. The molecular formula is C12H17BrN2O3S. The second-order valence-electron chi connectivity index (χ2n) is 4.62. The molecule has 1 aromatic rings. The summed E-state index contributed by atoms with van der Waals surface area (Å²) in [4.78, 5) is 0.176. The van der Waals surface area contributed by atoms with Crippen molar-refractivity contribution in [3.63, 3.8) is 0 Å². The first-order valence-electron chi connectivity index (χ1n) is 6.04. The number of ether oxygens (including phenoxy) is 1. The van der Waals surface area contributed by atoms with Crippen LogP contribution in [0.25, 0.3) is 0 Å². The number of benzene rings is 1. The summed E-state index contributed by atoms with van der Waals surface area (Å²) in [6.07, 6.45) is 2.59. The third kappa shape index (κ3) is 3.28. The maximum atomic E-state index is 12.3. The Labute approximate surface area is 121 Å². The molecule has 0 radical (unpaired) electrons. The molecule has 3 N–H and O–H groups in total. The normalized spacial score (nSPS) is 23.7. The van der Waals surface area contributed by atoms with Crippen molar-refractivity contribution in [2.24, 2.45) is 0 Å². The van der Waals surface area contributed by atoms with Gasteiger partial charge in [-0.3, -0.25) is 0 Å². The van der Waals surface area contributed by atoms with Crippen molar-refractivity contribution in [3.8, 4) is 0 Å². The highest BCUT2D eigenvalue weighted by Gasteiger charge is 2.31. The Kier molecular flexibility index (Phi) is 4.50. The number of sulfonamides is 1. The van der Waals surface area contributed by atoms with Gasteiger partial charge >= 0.3 is 0 Å². The molecule has 1 saturated carbocycles. The minimum atomic E-state index is -3.56. The van der Waals surface area contributed by atoms with E-state index < -0.39 is 10.0 Å². The standard InChI is InChI=1S/C12H17BrN2O3S/c1-18-12-4-2-3-11(12)15-19(16,17)8-5-6-9(13)10(14)7-8/h5-7,11-12,15H,2-4,14H2,1H3. The van der Waals surface area contributed by atoms with Crippen LogP contribution in [0, 0.1) is 0 Å². The smallest absolute Gasteiger partial charge is 0.240 e. The predicted molar refractivity (Wildman–Crippen MR) is 77.3 cm³/mol. The van der Waals surface area contributed by atoms with Crippen LogP contribution in [-0.2, 0) is 14.8 Å². The molecule has 1 fully saturated rings. The first-order chi connectivity index (χ1) is 8.94. The minimum absolute atomic E-state index is 0.0532. The Morgan fingerprint density at radius 2 is 2.16 bits per heavy atom. The maximum absolute atomic E-state index is 12.3. The number of halogens is 1. The highest BCUT2D eigenvalue weighted by Crippen LogP contribution is 2.26. The lowest BCUT2D eigenvalue weighted by Crippen LogP contribution is -2.40. The molecule has 0 saturated heterocycles. The van der Waals surface area contributed by atoms with E-state index in [-0.39, 0.29) is 17.0 Å². The number of rotatable bonds is 4. The van der Waals surface area contributed by atoms with Gasteiger partial charge in [-0.15, -0.1) is 0 Å². The van der Waals surface area contributed by atoms with Gasteiger partial charge in [-0.1, -0.05) is 0 Å². The zero-order chi connectivity index (χ0) is 14.0. The monoisotopic (exact) mass is 348 g/mol. The van der Waals surface area contributed by atoms with E-state index in [1.807, 2.05) is 0 Å². The molecule has 5 nitrogen and oxygen atoms in total. The average Bonchev–Trinajstić information content (AvgIpc) is 2.79. The lowest BCUT2D eigenvalue weighted by Gasteiger charge is -2.19. The van der Waals surface area contributed by atoms with E-state index in [1.54, 1.807) is 13.2 Å². The summed E-state index contributed by atoms with van der Waals surface area (Å²) >= 11 is 3.24. The largest absolute Gasteiger partial charge is 0.398 e. The third-order valence-corrected chi connectivity index (χ3v) is 5.55. The fourth-order valence-electron chi connectivity index (χ4n) is 2.30. The van der Waals surface area contributed by atoms with Crippen LogP contribution in [0.2, 0.25) is 0 Å². The molecule has 1 aliphatic carbocycles. The first kappa shape index (κ1) is 14.8. The van der Waals surface area contributed by atoms with Gasteiger partial charge in [0, 0.05) is 23.3 Å². The Morgan fingerprint density at radius 3 is 2.79 bits per heavy atom. The summed E-state index contributed by atoms with van der Waals surface area (Å²) < 4.78 is 33.2. The molecule has 19 heavy (non-hydrogen) atoms. The van der Waals surface area contributed by atoms with Crippen LogP contribution < -0.4 is 10.5 Å². The van der Waals surface area contributed by atoms with Gasteiger partial charge in [-0.2, -0.15) is 0 Å². The van der Waals surface area contributed by atoms with Crippen LogP contribution in [0.15, 0.2) is 27.6 Å². The molecule has 0 amide bonds. The quantitative estimate of drug-likeness (QED) is 0.814. The highest BCUT2D eigenvalue weighted by atomic mass is 79.9. The molecule has 2 atom stereocenters. The summed E-state index contributed by atoms with van der Waals surface area (Å²) in [7, 11) is -1.95. The van der Waals surface area contributed by atoms with E-state index in [2.05, 4.69) is 20.7 Å². The molecule has 2 unspecified atom stereocenters. The van der Waals surface area contributed by atoms with Crippen LogP contribution >= 0.6 is 15.9 Å². The number of nitrogens with two attached hydrogens (primary N) is 1. The van der Waals surface area contributed by atoms with E-state index in [9.17, 15) is 8.42 Å². The fourth-order valence-corrected chi connectivity index (χ4v) is 3.88. The van der Waals surface area contributed by atoms with Gasteiger partial charge in [0.15, 0.2) is 0 Å². The van der Waals surface area contributed by atoms with Gasteiger partial charge < -0.3 is 10.5 Å². The van der Waals surface area contributed by atoms with Crippen molar-refractivity contribution >= 4 is 31.6 Å². The van der Waals surface area contributed by atoms with E-state index in [0.717, 1.165) is 19.3 Å². The number of nitrogen functional groups attached to an aromatic ring is 1. The van der Waals surface area contributed by atoms with Crippen molar-refractivity contribution in [1.82, 2.24) is 4.72 Å². The summed E-state index contributed by atoms with van der Waals surface area (Å²) in [5.74, 6) is 0. The van der Waals surface area contributed by atoms with Crippen LogP contribution in [-0.4, -0.2) is 27.7 Å². The maximum Gasteiger partial charge on any atom is 0.240 e. The van der Waals surface area contributed by atoms with Crippen LogP contribution in [0.4, 0.5) is 5.69 Å². The molecule has 0 spiro atoms. The highest BCUT2D eigenvalue weighted by molar-refractivity contribution is 9.10. The molecule has 106 valence electrons. The number of hydrogen-bond donors (Lipinski definition) is 2. The Hall–Kier alpha value is -0.630. The van der Waals surface area contributed by atoms with E-state index in [1.165, 1.54) is 12.1 Å². The molecular weight excluding hydrogens is 332 g/mol. The van der Waals surface area contributed by atoms with Gasteiger partial charge in [-0.25, -0.2) is 13.1 Å². The van der Waals surface area contributed by atoms with Gasteiger partial charge in [-0.05, 0) is 53.4 Å². The van der Waals surface area contributed by atoms with E-state index in [4.69, 9.17) is 10.5 Å². The fraction of sp³-hybridized carbons (Fsp3) is 0.500. The zero-order valence-electron chi connectivity index (χ0n) is 10.6. The predicted octanol–water partition coefficient (Wildman–Crippen LogP) is 1.88. The zero-order valence-corrected chi connectivity index (χ0v) is 13.0. The van der Waals surface area contributed by atoms with E-state index >= 15 is 0 Å². The number of anilines is 1. The van der Waals surface area contributed by atoms with Crippen molar-refractivity contribution in [2.45, 2.75) is 36.3 Å². The summed E-state index contributed by atoms with van der Waals surface area (Å²) in [6.45, 7) is 0. The Bertz CT molecular complexity index is 562. The number of hydrogen-bond acceptors (Lipinski definition) is 4. The number of methoxy groups -OCH3 is 1. The lowest BCUT2D eigenvalue weighted by molar-refractivity contribution is 0.0916. The van der Waals surface area contributed by atoms with Crippen LogP contribution in [0.5, 0.6) is 0 Å². The number of nitrogens with one attached hydrogen (secondary N) is 1. The van der Waals surface area contributed by atoms with Crippen molar-refractivity contribution in [1.29, 1.82) is 0 Å². The lowest BCUT2D eigenvalue weighted by atomic mass is 10.2. The molecule has 0 heterocycles. The van der Waals surface area contributed by atoms with Gasteiger partial charge in [0.05, 0.1) is 11.0 Å². The SMILES string of the molecule is COC1CCCC1NS(=O)(=O)c1ccc(Br)c(N)c1. The van der Waals surface area contributed by atoms with Gasteiger partial charge in [0.1, 0.15) is 0 Å². The molecule has 1 aliphatic rings. The summed E-state index contributed by atoms with van der Waals surface area (Å²) in [5, 5.41) is 0. The first-order valence-corrected chi connectivity index (χ1v) is 8.32. The van der Waals surface area contributed by atoms with Crippen molar-refractivity contribution < 1.29 is 13.2 Å². The van der Waals surface area contributed by atoms with Crippen molar-refractivity contribution in [3.05, 3.63) is 22.7 Å². The Balaban J connectivity index is 2.20. The molecule has 7 heteroatoms. The summed E-state index contributed by atoms with van der Waals surface area (Å²) in [6, 6.07) is 4.44. The van der Waals surface area contributed by atoms with Gasteiger partial charge in [0.2, 0.25) is 10.0 Å². The molecule has 0 aliphatic heterocycles. The molecule has 2 rings (SSSR count). The van der Waals surface area contributed by atoms with Crippen molar-refractivity contribution in [2.75, 3.05) is 12.8 Å². The second-order valence-corrected chi connectivity index (χ2v) is 7.18. The second kappa shape index (κ2) is 5.78. The Morgan fingerprint density at radius 1 is 1.42 bits per heavy atom. The summed E-state index contributed by atoms with van der Waals surface area (Å²) in [5.41, 5.74) is 6.12.